The molecule has 2 nitrogen and oxygen atoms in total. The van der Waals surface area contributed by atoms with Crippen molar-refractivity contribution in [1.29, 1.82) is 0 Å². The Balaban J connectivity index is 3.60. The van der Waals surface area contributed by atoms with Crippen molar-refractivity contribution in [2.45, 2.75) is 39.7 Å². The molecule has 0 rings (SSSR count). The van der Waals surface area contributed by atoms with Crippen LogP contribution in [-0.4, -0.2) is 16.9 Å². The monoisotopic (exact) mass is 174 g/mol. The van der Waals surface area contributed by atoms with Crippen LogP contribution in [0.2, 0.25) is 0 Å². The number of carbonyl (C=O) groups excluding carboxylic acids is 1. The number of Topliss-reactive ketones (excluding diaryl/α,β-unsaturated/α-hetero) is 1. The number of hydrogen-bond donors (Lipinski definition) is 0. The molecule has 1 atom stereocenters. The Morgan fingerprint density at radius 1 is 1.64 bits per heavy atom. The maximum absolute atomic E-state index is 10.6. The topological polar surface area (TPSA) is 26.3 Å². The zero-order valence-corrected chi connectivity index (χ0v) is 8.03. The zero-order chi connectivity index (χ0) is 8.85. The van der Waals surface area contributed by atoms with E-state index >= 15 is 0 Å². The van der Waals surface area contributed by atoms with E-state index in [2.05, 4.69) is 0 Å². The second-order valence-electron chi connectivity index (χ2n) is 2.59. The molecule has 0 fully saturated rings. The van der Waals surface area contributed by atoms with Crippen molar-refractivity contribution in [3.63, 3.8) is 0 Å². The van der Waals surface area contributed by atoms with Crippen LogP contribution in [0.25, 0.3) is 0 Å². The summed E-state index contributed by atoms with van der Waals surface area (Å²) in [5, 5.41) is 0.409. The Morgan fingerprint density at radius 3 is 2.55 bits per heavy atom. The highest BCUT2D eigenvalue weighted by Crippen LogP contribution is 2.00. The lowest BCUT2D eigenvalue weighted by atomic mass is 10.3. The molecule has 64 valence electrons. The minimum absolute atomic E-state index is 0.0540. The Hall–Kier alpha value is -0.440. The fourth-order valence-electron chi connectivity index (χ4n) is 0.553. The number of hydrogen-bond acceptors (Lipinski definition) is 3. The fraction of sp³-hybridized carbons (Fsp3) is 0.750. The van der Waals surface area contributed by atoms with E-state index in [4.69, 9.17) is 17.0 Å². The lowest BCUT2D eigenvalue weighted by Crippen LogP contribution is -2.14. The van der Waals surface area contributed by atoms with Crippen molar-refractivity contribution >= 4 is 23.1 Å². The molecule has 3 heteroatoms. The van der Waals surface area contributed by atoms with E-state index < -0.39 is 0 Å². The van der Waals surface area contributed by atoms with Gasteiger partial charge >= 0.3 is 0 Å². The molecule has 0 aliphatic heterocycles. The summed E-state index contributed by atoms with van der Waals surface area (Å²) in [6.45, 7) is 5.46. The molecule has 0 aromatic rings. The Morgan fingerprint density at radius 2 is 2.18 bits per heavy atom. The third-order valence-electron chi connectivity index (χ3n) is 1.30. The van der Waals surface area contributed by atoms with Crippen LogP contribution in [0.5, 0.6) is 0 Å². The SMILES string of the molecule is CCC(C)OC(=S)CC(C)=O. The summed E-state index contributed by atoms with van der Waals surface area (Å²) in [6.07, 6.45) is 1.31. The number of carbonyl (C=O) groups is 1. The maximum atomic E-state index is 10.6. The minimum Gasteiger partial charge on any atom is -0.484 e. The molecule has 1 unspecified atom stereocenters. The molecular weight excluding hydrogens is 160 g/mol. The van der Waals surface area contributed by atoms with Gasteiger partial charge < -0.3 is 4.74 Å². The standard InChI is InChI=1S/C8H14O2S/c1-4-7(3)10-8(11)5-6(2)9/h7H,4-5H2,1-3H3. The maximum Gasteiger partial charge on any atom is 0.167 e. The molecule has 0 bridgehead atoms. The van der Waals surface area contributed by atoms with Gasteiger partial charge in [-0.3, -0.25) is 4.79 Å². The molecule has 0 saturated carbocycles. The summed E-state index contributed by atoms with van der Waals surface area (Å²) in [5.41, 5.74) is 0. The van der Waals surface area contributed by atoms with Crippen LogP contribution >= 0.6 is 12.2 Å². The number of thiocarbonyl (C=S) groups is 1. The second-order valence-corrected chi connectivity index (χ2v) is 3.04. The third-order valence-corrected chi connectivity index (χ3v) is 1.54. The molecule has 0 spiro atoms. The third kappa shape index (κ3) is 5.98. The average molecular weight is 174 g/mol. The van der Waals surface area contributed by atoms with Crippen LogP contribution in [0.4, 0.5) is 0 Å². The molecule has 11 heavy (non-hydrogen) atoms. The van der Waals surface area contributed by atoms with Gasteiger partial charge in [0.05, 0.1) is 12.5 Å². The molecule has 0 amide bonds. The van der Waals surface area contributed by atoms with E-state index in [9.17, 15) is 4.79 Å². The summed E-state index contributed by atoms with van der Waals surface area (Å²) in [4.78, 5) is 10.6. The first kappa shape index (κ1) is 10.6. The molecule has 0 heterocycles. The van der Waals surface area contributed by atoms with Gasteiger partial charge in [0.15, 0.2) is 5.05 Å². The van der Waals surface area contributed by atoms with Crippen molar-refractivity contribution in [1.82, 2.24) is 0 Å². The minimum atomic E-state index is 0.0540. The van der Waals surface area contributed by atoms with E-state index in [0.717, 1.165) is 6.42 Å². The molecule has 0 saturated heterocycles. The van der Waals surface area contributed by atoms with Gasteiger partial charge in [-0.2, -0.15) is 0 Å². The molecule has 0 aromatic heterocycles. The van der Waals surface area contributed by atoms with Gasteiger partial charge in [0.25, 0.3) is 0 Å². The van der Waals surface area contributed by atoms with Crippen molar-refractivity contribution < 1.29 is 9.53 Å². The lowest BCUT2D eigenvalue weighted by Gasteiger charge is -2.11. The van der Waals surface area contributed by atoms with Gasteiger partial charge in [0, 0.05) is 0 Å². The Kier molecular flexibility index (Phi) is 5.03. The zero-order valence-electron chi connectivity index (χ0n) is 7.22. The van der Waals surface area contributed by atoms with Gasteiger partial charge in [-0.15, -0.1) is 0 Å². The first-order valence-corrected chi connectivity index (χ1v) is 4.16. The molecule has 0 radical (unpaired) electrons. The first-order chi connectivity index (χ1) is 5.06. The second kappa shape index (κ2) is 5.24. The smallest absolute Gasteiger partial charge is 0.167 e. The van der Waals surface area contributed by atoms with Gasteiger partial charge in [-0.05, 0) is 32.5 Å². The van der Waals surface area contributed by atoms with Gasteiger partial charge in [0.1, 0.15) is 5.78 Å². The summed E-state index contributed by atoms with van der Waals surface area (Å²) in [7, 11) is 0. The van der Waals surface area contributed by atoms with Crippen molar-refractivity contribution in [3.05, 3.63) is 0 Å². The van der Waals surface area contributed by atoms with Crippen LogP contribution in [0.15, 0.2) is 0 Å². The van der Waals surface area contributed by atoms with Crippen LogP contribution in [-0.2, 0) is 9.53 Å². The fourth-order valence-corrected chi connectivity index (χ4v) is 0.920. The van der Waals surface area contributed by atoms with Crippen molar-refractivity contribution in [2.24, 2.45) is 0 Å². The Labute approximate surface area is 72.9 Å². The first-order valence-electron chi connectivity index (χ1n) is 3.75. The average Bonchev–Trinajstić information content (AvgIpc) is 1.85. The molecule has 0 aliphatic rings. The van der Waals surface area contributed by atoms with Crippen LogP contribution in [0, 0.1) is 0 Å². The summed E-state index contributed by atoms with van der Waals surface area (Å²) in [6, 6.07) is 0. The molecule has 0 aromatic carbocycles. The quantitative estimate of drug-likeness (QED) is 0.611. The highest BCUT2D eigenvalue weighted by atomic mass is 32.1. The summed E-state index contributed by atoms with van der Waals surface area (Å²) < 4.78 is 5.22. The van der Waals surface area contributed by atoms with E-state index in [1.807, 2.05) is 13.8 Å². The predicted molar refractivity (Wildman–Crippen MR) is 48.7 cm³/mol. The number of rotatable bonds is 4. The summed E-state index contributed by atoms with van der Waals surface area (Å²) in [5.74, 6) is 0.0540. The van der Waals surface area contributed by atoms with E-state index in [1.165, 1.54) is 6.92 Å². The van der Waals surface area contributed by atoms with Gasteiger partial charge in [0.2, 0.25) is 0 Å². The lowest BCUT2D eigenvalue weighted by molar-refractivity contribution is -0.116. The number of ketones is 1. The van der Waals surface area contributed by atoms with Crippen LogP contribution < -0.4 is 0 Å². The van der Waals surface area contributed by atoms with E-state index in [1.54, 1.807) is 0 Å². The van der Waals surface area contributed by atoms with Gasteiger partial charge in [-0.1, -0.05) is 6.92 Å². The largest absolute Gasteiger partial charge is 0.484 e. The molecule has 0 N–H and O–H groups in total. The highest BCUT2D eigenvalue weighted by molar-refractivity contribution is 7.80. The van der Waals surface area contributed by atoms with E-state index in [0.29, 0.717) is 5.05 Å². The van der Waals surface area contributed by atoms with Crippen molar-refractivity contribution in [2.75, 3.05) is 0 Å². The molecule has 0 aliphatic carbocycles. The van der Waals surface area contributed by atoms with Crippen LogP contribution in [0.3, 0.4) is 0 Å². The predicted octanol–water partition coefficient (Wildman–Crippen LogP) is 2.11. The van der Waals surface area contributed by atoms with E-state index in [-0.39, 0.29) is 18.3 Å². The summed E-state index contributed by atoms with van der Waals surface area (Å²) >= 11 is 4.83. The highest BCUT2D eigenvalue weighted by Gasteiger charge is 2.05. The van der Waals surface area contributed by atoms with Gasteiger partial charge in [-0.25, -0.2) is 0 Å². The molecular formula is C8H14O2S. The Bertz CT molecular complexity index is 154. The number of ether oxygens (including phenoxy) is 1. The van der Waals surface area contributed by atoms with Crippen molar-refractivity contribution in [3.8, 4) is 0 Å². The van der Waals surface area contributed by atoms with Crippen LogP contribution in [0.1, 0.15) is 33.6 Å². The normalized spacial score (nSPS) is 12.3.